The number of aromatic hydroxyl groups is 1. The minimum absolute atomic E-state index is 0.0397. The molecule has 1 N–H and O–H groups in total. The van der Waals surface area contributed by atoms with Crippen LogP contribution in [0.3, 0.4) is 0 Å². The predicted octanol–water partition coefficient (Wildman–Crippen LogP) is 10.1. The fourth-order valence-electron chi connectivity index (χ4n) is 6.08. The molecule has 0 spiro atoms. The molecule has 0 aliphatic carbocycles. The summed E-state index contributed by atoms with van der Waals surface area (Å²) >= 11 is 0. The van der Waals surface area contributed by atoms with Crippen LogP contribution in [0, 0.1) is 0 Å². The first kappa shape index (κ1) is 35.1. The maximum Gasteiger partial charge on any atom is 0.347 e. The fraction of sp³-hybridized carbons (Fsp3) is 0.250. The lowest BCUT2D eigenvalue weighted by atomic mass is 10.0. The van der Waals surface area contributed by atoms with E-state index in [-0.39, 0.29) is 5.75 Å². The summed E-state index contributed by atoms with van der Waals surface area (Å²) < 4.78 is 11.3. The second kappa shape index (κ2) is 17.3. The van der Waals surface area contributed by atoms with E-state index in [9.17, 15) is 9.90 Å². The van der Waals surface area contributed by atoms with E-state index >= 15 is 0 Å². The van der Waals surface area contributed by atoms with E-state index in [1.807, 2.05) is 36.4 Å². The molecular weight excluding hydrogens is 635 g/mol. The van der Waals surface area contributed by atoms with E-state index in [1.165, 1.54) is 25.3 Å². The van der Waals surface area contributed by atoms with Crippen molar-refractivity contribution in [2.45, 2.75) is 58.5 Å². The van der Waals surface area contributed by atoms with Crippen LogP contribution in [0.1, 0.15) is 63.5 Å². The van der Waals surface area contributed by atoms with Crippen LogP contribution in [0.5, 0.6) is 11.5 Å². The van der Waals surface area contributed by atoms with Crippen LogP contribution in [0.15, 0.2) is 137 Å². The standard InChI is InChI=1S/C44H45N3O4/c1-3-4-5-6-7-14-29-50-44(49)32(2)51-39-27-28-40(41(48)30-39)42-45-31-47(38-25-23-36(24-26-38)34-17-12-9-13-18-34)43(46-42)37-21-19-35(20-22-37)33-15-10-8-11-16-33/h8-13,15-28,30,32,48H,3-7,14,29,31H2,1-2H3. The molecule has 1 atom stereocenters. The number of amidine groups is 2. The molecule has 5 aromatic rings. The molecule has 0 fully saturated rings. The Balaban J connectivity index is 1.20. The Morgan fingerprint density at radius 2 is 1.29 bits per heavy atom. The molecule has 0 radical (unpaired) electrons. The Morgan fingerprint density at radius 1 is 0.725 bits per heavy atom. The number of hydrogen-bond acceptors (Lipinski definition) is 7. The number of esters is 1. The first-order chi connectivity index (χ1) is 25.0. The van der Waals surface area contributed by atoms with Gasteiger partial charge in [0.15, 0.2) is 11.9 Å². The van der Waals surface area contributed by atoms with Crippen molar-refractivity contribution < 1.29 is 19.4 Å². The molecule has 6 rings (SSSR count). The Kier molecular flexibility index (Phi) is 11.9. The SMILES string of the molecule is CCCCCCCCOC(=O)C(C)Oc1ccc(C2=NCN(c3ccc(-c4ccccc4)cc3)C(c3ccc(-c4ccccc4)cc3)=N2)c(O)c1. The van der Waals surface area contributed by atoms with Crippen LogP contribution in [0.2, 0.25) is 0 Å². The van der Waals surface area contributed by atoms with E-state index < -0.39 is 12.1 Å². The summed E-state index contributed by atoms with van der Waals surface area (Å²) in [6.07, 6.45) is 5.89. The second-order valence-electron chi connectivity index (χ2n) is 12.7. The predicted molar refractivity (Wildman–Crippen MR) is 207 cm³/mol. The zero-order valence-electron chi connectivity index (χ0n) is 29.4. The molecule has 0 saturated heterocycles. The lowest BCUT2D eigenvalue weighted by Crippen LogP contribution is -2.36. The molecule has 1 unspecified atom stereocenters. The van der Waals surface area contributed by atoms with E-state index in [0.29, 0.717) is 36.3 Å². The van der Waals surface area contributed by atoms with E-state index in [0.717, 1.165) is 52.8 Å². The number of rotatable bonds is 15. The third-order valence-electron chi connectivity index (χ3n) is 8.96. The summed E-state index contributed by atoms with van der Waals surface area (Å²) in [5.41, 5.74) is 6.86. The summed E-state index contributed by atoms with van der Waals surface area (Å²) in [6.45, 7) is 4.53. The number of nitrogens with zero attached hydrogens (tertiary/aromatic N) is 3. The van der Waals surface area contributed by atoms with Crippen molar-refractivity contribution in [3.05, 3.63) is 139 Å². The number of hydrogen-bond donors (Lipinski definition) is 1. The van der Waals surface area contributed by atoms with Gasteiger partial charge in [-0.2, -0.15) is 0 Å². The topological polar surface area (TPSA) is 83.7 Å². The Labute approximate surface area is 300 Å². The van der Waals surface area contributed by atoms with Crippen LogP contribution in [-0.2, 0) is 9.53 Å². The molecule has 1 aliphatic rings. The molecule has 51 heavy (non-hydrogen) atoms. The molecule has 0 saturated carbocycles. The van der Waals surface area contributed by atoms with Crippen LogP contribution in [0.25, 0.3) is 22.3 Å². The molecule has 0 bridgehead atoms. The number of benzene rings is 5. The molecule has 7 nitrogen and oxygen atoms in total. The molecule has 1 heterocycles. The molecule has 0 aromatic heterocycles. The van der Waals surface area contributed by atoms with Gasteiger partial charge in [-0.3, -0.25) is 0 Å². The van der Waals surface area contributed by atoms with Crippen molar-refractivity contribution in [2.24, 2.45) is 9.98 Å². The smallest absolute Gasteiger partial charge is 0.347 e. The highest BCUT2D eigenvalue weighted by Crippen LogP contribution is 2.30. The van der Waals surface area contributed by atoms with Gasteiger partial charge in [0.2, 0.25) is 0 Å². The third kappa shape index (κ3) is 9.11. The minimum Gasteiger partial charge on any atom is -0.507 e. The molecule has 260 valence electrons. The lowest BCUT2D eigenvalue weighted by molar-refractivity contribution is -0.151. The van der Waals surface area contributed by atoms with Crippen LogP contribution >= 0.6 is 0 Å². The van der Waals surface area contributed by atoms with Crippen molar-refractivity contribution in [3.8, 4) is 33.8 Å². The first-order valence-corrected chi connectivity index (χ1v) is 17.9. The Morgan fingerprint density at radius 3 is 1.92 bits per heavy atom. The van der Waals surface area contributed by atoms with Gasteiger partial charge < -0.3 is 19.5 Å². The highest BCUT2D eigenvalue weighted by molar-refractivity contribution is 6.19. The molecule has 7 heteroatoms. The van der Waals surface area contributed by atoms with Crippen molar-refractivity contribution in [3.63, 3.8) is 0 Å². The van der Waals surface area contributed by atoms with Crippen LogP contribution in [0.4, 0.5) is 5.69 Å². The van der Waals surface area contributed by atoms with Crippen LogP contribution in [-0.4, -0.2) is 42.1 Å². The number of unbranched alkanes of at least 4 members (excludes halogenated alkanes) is 5. The van der Waals surface area contributed by atoms with E-state index in [1.54, 1.807) is 19.1 Å². The van der Waals surface area contributed by atoms with Gasteiger partial charge in [-0.1, -0.05) is 136 Å². The van der Waals surface area contributed by atoms with Gasteiger partial charge in [0, 0.05) is 17.3 Å². The van der Waals surface area contributed by atoms with Gasteiger partial charge in [-0.05, 0) is 59.9 Å². The van der Waals surface area contributed by atoms with Gasteiger partial charge in [0.25, 0.3) is 0 Å². The second-order valence-corrected chi connectivity index (χ2v) is 12.7. The summed E-state index contributed by atoms with van der Waals surface area (Å²) in [5, 5.41) is 11.1. The fourth-order valence-corrected chi connectivity index (χ4v) is 6.08. The summed E-state index contributed by atoms with van der Waals surface area (Å²) in [4.78, 5) is 24.4. The summed E-state index contributed by atoms with van der Waals surface area (Å²) in [6, 6.07) is 42.2. The zero-order valence-corrected chi connectivity index (χ0v) is 29.4. The van der Waals surface area contributed by atoms with Gasteiger partial charge in [-0.25, -0.2) is 14.8 Å². The number of anilines is 1. The highest BCUT2D eigenvalue weighted by atomic mass is 16.6. The van der Waals surface area contributed by atoms with Crippen molar-refractivity contribution in [2.75, 3.05) is 18.2 Å². The molecule has 0 amide bonds. The minimum atomic E-state index is -0.812. The molecular formula is C44H45N3O4. The Bertz CT molecular complexity index is 1940. The average Bonchev–Trinajstić information content (AvgIpc) is 3.18. The van der Waals surface area contributed by atoms with Gasteiger partial charge in [-0.15, -0.1) is 0 Å². The number of carbonyl (C=O) groups excluding carboxylic acids is 1. The number of aliphatic imine (C=N–C) groups is 2. The van der Waals surface area contributed by atoms with Crippen LogP contribution < -0.4 is 9.64 Å². The van der Waals surface area contributed by atoms with Gasteiger partial charge in [0.05, 0.1) is 12.2 Å². The van der Waals surface area contributed by atoms with Gasteiger partial charge in [0.1, 0.15) is 24.0 Å². The summed E-state index contributed by atoms with van der Waals surface area (Å²) in [7, 11) is 0. The number of carbonyl (C=O) groups is 1. The lowest BCUT2D eigenvalue weighted by Gasteiger charge is -2.28. The maximum absolute atomic E-state index is 12.5. The van der Waals surface area contributed by atoms with Crippen molar-refractivity contribution >= 4 is 23.3 Å². The van der Waals surface area contributed by atoms with Crippen molar-refractivity contribution in [1.82, 2.24) is 0 Å². The molecule has 1 aliphatic heterocycles. The average molecular weight is 680 g/mol. The normalized spacial score (nSPS) is 13.3. The maximum atomic E-state index is 12.5. The largest absolute Gasteiger partial charge is 0.507 e. The molecule has 5 aromatic carbocycles. The van der Waals surface area contributed by atoms with Crippen molar-refractivity contribution in [1.29, 1.82) is 0 Å². The van der Waals surface area contributed by atoms with E-state index in [2.05, 4.69) is 84.6 Å². The summed E-state index contributed by atoms with van der Waals surface area (Å²) in [5.74, 6) is 1.02. The Hall–Kier alpha value is -5.69. The number of phenols is 1. The monoisotopic (exact) mass is 679 g/mol. The number of ether oxygens (including phenoxy) is 2. The zero-order chi connectivity index (χ0) is 35.4. The van der Waals surface area contributed by atoms with E-state index in [4.69, 9.17) is 19.5 Å². The quantitative estimate of drug-likeness (QED) is 0.0880. The highest BCUT2D eigenvalue weighted by Gasteiger charge is 2.24. The third-order valence-corrected chi connectivity index (χ3v) is 8.96. The first-order valence-electron chi connectivity index (χ1n) is 17.9. The van der Waals surface area contributed by atoms with Gasteiger partial charge >= 0.3 is 5.97 Å². The number of phenolic OH excluding ortho intramolecular Hbond substituents is 1.